The van der Waals surface area contributed by atoms with E-state index in [-0.39, 0.29) is 5.41 Å². The van der Waals surface area contributed by atoms with Gasteiger partial charge in [0, 0.05) is 24.8 Å². The van der Waals surface area contributed by atoms with Crippen LogP contribution in [-0.2, 0) is 5.41 Å². The molecule has 5 aromatic carbocycles. The van der Waals surface area contributed by atoms with Crippen LogP contribution in [0.2, 0.25) is 0 Å². The zero-order valence-corrected chi connectivity index (χ0v) is 21.5. The molecule has 1 nitrogen and oxygen atoms in total. The Kier molecular flexibility index (Phi) is 5.37. The van der Waals surface area contributed by atoms with Gasteiger partial charge in [0.1, 0.15) is 0 Å². The van der Waals surface area contributed by atoms with Gasteiger partial charge in [-0.2, -0.15) is 0 Å². The lowest BCUT2D eigenvalue weighted by atomic mass is 9.64. The first-order valence-electron chi connectivity index (χ1n) is 13.3. The minimum Gasteiger partial charge on any atom is -0.373 e. The molecular weight excluding hydrogens is 458 g/mol. The molecule has 0 saturated heterocycles. The highest BCUT2D eigenvalue weighted by atomic mass is 15.1. The molecule has 0 bridgehead atoms. The van der Waals surface area contributed by atoms with E-state index < -0.39 is 0 Å². The largest absolute Gasteiger partial charge is 0.373 e. The highest BCUT2D eigenvalue weighted by Gasteiger charge is 2.52. The highest BCUT2D eigenvalue weighted by molar-refractivity contribution is 6.32. The third-order valence-corrected chi connectivity index (χ3v) is 8.12. The lowest BCUT2D eigenvalue weighted by Crippen LogP contribution is -2.44. The molecule has 0 amide bonds. The van der Waals surface area contributed by atoms with Crippen molar-refractivity contribution in [1.29, 1.82) is 0 Å². The third-order valence-electron chi connectivity index (χ3n) is 8.12. The van der Waals surface area contributed by atoms with Crippen LogP contribution in [0.5, 0.6) is 0 Å². The Labute approximate surface area is 225 Å². The number of fused-ring (bicyclic) bond motifs is 3. The number of hydrogen-bond donors (Lipinski definition) is 0. The van der Waals surface area contributed by atoms with Crippen molar-refractivity contribution in [1.82, 2.24) is 0 Å². The smallest absolute Gasteiger partial charge is 0.0651 e. The molecule has 2 aliphatic rings. The Morgan fingerprint density at radius 1 is 0.474 bits per heavy atom. The number of para-hydroxylation sites is 1. The van der Waals surface area contributed by atoms with E-state index >= 15 is 0 Å². The summed E-state index contributed by atoms with van der Waals surface area (Å²) in [6.45, 7) is 0.861. The number of nitrogens with zero attached hydrogens (tertiary/aromatic N) is 1. The first kappa shape index (κ1) is 22.6. The summed E-state index contributed by atoms with van der Waals surface area (Å²) < 4.78 is 0. The van der Waals surface area contributed by atoms with E-state index in [1.165, 1.54) is 55.8 Å². The summed E-state index contributed by atoms with van der Waals surface area (Å²) in [5.41, 5.74) is 12.8. The third kappa shape index (κ3) is 3.32. The van der Waals surface area contributed by atoms with Crippen LogP contribution in [0.3, 0.4) is 0 Å². The molecule has 1 atom stereocenters. The average molecular weight is 488 g/mol. The predicted molar refractivity (Wildman–Crippen MR) is 161 cm³/mol. The van der Waals surface area contributed by atoms with Gasteiger partial charge < -0.3 is 4.90 Å². The molecule has 1 heteroatoms. The first-order valence-corrected chi connectivity index (χ1v) is 13.3. The van der Waals surface area contributed by atoms with Crippen LogP contribution >= 0.6 is 0 Å². The van der Waals surface area contributed by atoms with Crippen molar-refractivity contribution in [3.05, 3.63) is 173 Å². The Hall–Kier alpha value is -4.62. The first-order chi connectivity index (χ1) is 18.8. The van der Waals surface area contributed by atoms with E-state index in [0.717, 1.165) is 6.54 Å². The minimum absolute atomic E-state index is 0.345. The normalized spacial score (nSPS) is 18.4. The quantitative estimate of drug-likeness (QED) is 0.245. The van der Waals surface area contributed by atoms with Crippen molar-refractivity contribution in [2.45, 2.75) is 5.41 Å². The van der Waals surface area contributed by atoms with Crippen LogP contribution in [0.1, 0.15) is 27.8 Å². The van der Waals surface area contributed by atoms with E-state index in [1.807, 2.05) is 0 Å². The maximum atomic E-state index is 2.45. The summed E-state index contributed by atoms with van der Waals surface area (Å²) in [6.07, 6.45) is 0. The number of rotatable bonds is 4. The van der Waals surface area contributed by atoms with E-state index in [1.54, 1.807) is 0 Å². The summed E-state index contributed by atoms with van der Waals surface area (Å²) in [4.78, 5) is 2.45. The molecule has 5 aromatic rings. The fourth-order valence-electron chi connectivity index (χ4n) is 6.67. The Balaban J connectivity index is 1.72. The van der Waals surface area contributed by atoms with Gasteiger partial charge in [0.2, 0.25) is 0 Å². The molecule has 38 heavy (non-hydrogen) atoms. The van der Waals surface area contributed by atoms with E-state index in [2.05, 4.69) is 158 Å². The monoisotopic (exact) mass is 487 g/mol. The lowest BCUT2D eigenvalue weighted by molar-refractivity contribution is 0.678. The number of allylic oxidation sites excluding steroid dienone is 2. The maximum Gasteiger partial charge on any atom is 0.0651 e. The van der Waals surface area contributed by atoms with Crippen molar-refractivity contribution in [3.8, 4) is 0 Å². The second-order valence-electron chi connectivity index (χ2n) is 10.2. The fraction of sp³-hybridized carbons (Fsp3) is 0.0811. The van der Waals surface area contributed by atoms with Gasteiger partial charge in [0.15, 0.2) is 0 Å². The summed E-state index contributed by atoms with van der Waals surface area (Å²) in [5, 5.41) is 0. The second kappa shape index (κ2) is 9.04. The molecule has 182 valence electrons. The molecule has 1 heterocycles. The fourth-order valence-corrected chi connectivity index (χ4v) is 6.67. The van der Waals surface area contributed by atoms with Gasteiger partial charge in [-0.3, -0.25) is 0 Å². The van der Waals surface area contributed by atoms with E-state index in [9.17, 15) is 0 Å². The molecule has 0 saturated carbocycles. The summed E-state index contributed by atoms with van der Waals surface area (Å²) in [5.74, 6) is 0. The molecule has 1 aliphatic carbocycles. The standard InChI is InChI=1S/C37H29N/c1-38-26-37(30-22-12-5-13-23-30)35(29-20-10-4-11-21-29)33(27-16-6-2-7-17-27)34(28-18-8-3-9-19-28)36(37)31-24-14-15-25-32(31)38/h2-25H,26H2,1H3/t37-/m0/s1. The van der Waals surface area contributed by atoms with Crippen LogP contribution in [0, 0.1) is 0 Å². The zero-order chi connectivity index (χ0) is 25.5. The second-order valence-corrected chi connectivity index (χ2v) is 10.2. The van der Waals surface area contributed by atoms with Crippen LogP contribution in [0.25, 0.3) is 22.3 Å². The van der Waals surface area contributed by atoms with Gasteiger partial charge in [-0.1, -0.05) is 140 Å². The van der Waals surface area contributed by atoms with Crippen LogP contribution in [0.15, 0.2) is 146 Å². The Bertz CT molecular complexity index is 1660. The average Bonchev–Trinajstić information content (AvgIpc) is 3.31. The minimum atomic E-state index is -0.345. The van der Waals surface area contributed by atoms with Gasteiger partial charge in [-0.15, -0.1) is 0 Å². The van der Waals surface area contributed by atoms with Crippen LogP contribution in [-0.4, -0.2) is 13.6 Å². The van der Waals surface area contributed by atoms with Crippen molar-refractivity contribution in [2.75, 3.05) is 18.5 Å². The van der Waals surface area contributed by atoms with E-state index in [4.69, 9.17) is 0 Å². The summed E-state index contributed by atoms with van der Waals surface area (Å²) >= 11 is 0. The van der Waals surface area contributed by atoms with Gasteiger partial charge in [0.25, 0.3) is 0 Å². The molecule has 0 radical (unpaired) electrons. The number of benzene rings is 5. The van der Waals surface area contributed by atoms with Crippen molar-refractivity contribution in [2.24, 2.45) is 0 Å². The van der Waals surface area contributed by atoms with Crippen molar-refractivity contribution >= 4 is 28.0 Å². The number of likely N-dealkylation sites (N-methyl/N-ethyl adjacent to an activating group) is 1. The summed E-state index contributed by atoms with van der Waals surface area (Å²) in [7, 11) is 2.24. The van der Waals surface area contributed by atoms with Crippen molar-refractivity contribution in [3.63, 3.8) is 0 Å². The highest BCUT2D eigenvalue weighted by Crippen LogP contribution is 2.64. The summed E-state index contributed by atoms with van der Waals surface area (Å²) in [6, 6.07) is 53.1. The molecule has 0 N–H and O–H groups in total. The SMILES string of the molecule is CN1C[C@]2(c3ccccc3)C(c3ccccc3)=C(c3ccccc3)C(c3ccccc3)=C2c2ccccc21. The Morgan fingerprint density at radius 3 is 1.50 bits per heavy atom. The molecule has 1 aliphatic heterocycles. The predicted octanol–water partition coefficient (Wildman–Crippen LogP) is 8.61. The topological polar surface area (TPSA) is 3.24 Å². The van der Waals surface area contributed by atoms with Gasteiger partial charge in [-0.05, 0) is 50.6 Å². The molecule has 0 fully saturated rings. The van der Waals surface area contributed by atoms with Gasteiger partial charge in [-0.25, -0.2) is 0 Å². The van der Waals surface area contributed by atoms with Gasteiger partial charge in [0.05, 0.1) is 5.41 Å². The molecular formula is C37H29N. The molecule has 7 rings (SSSR count). The van der Waals surface area contributed by atoms with Crippen LogP contribution < -0.4 is 4.90 Å². The maximum absolute atomic E-state index is 2.45. The number of hydrogen-bond acceptors (Lipinski definition) is 1. The molecule has 0 spiro atoms. The lowest BCUT2D eigenvalue weighted by Gasteiger charge is -2.45. The number of anilines is 1. The molecule has 0 unspecified atom stereocenters. The van der Waals surface area contributed by atoms with Crippen molar-refractivity contribution < 1.29 is 0 Å². The van der Waals surface area contributed by atoms with Gasteiger partial charge >= 0.3 is 0 Å². The zero-order valence-electron chi connectivity index (χ0n) is 21.5. The Morgan fingerprint density at radius 2 is 0.921 bits per heavy atom. The van der Waals surface area contributed by atoms with Crippen LogP contribution in [0.4, 0.5) is 5.69 Å². The molecule has 0 aromatic heterocycles. The van der Waals surface area contributed by atoms with E-state index in [0.29, 0.717) is 0 Å².